The molecule has 0 amide bonds. The smallest absolute Gasteiger partial charge is 0.380 e. The van der Waals surface area contributed by atoms with E-state index in [1.165, 1.54) is 0 Å². The molecule has 0 fully saturated rings. The topological polar surface area (TPSA) is 65.2 Å². The number of aromatic nitrogens is 2. The monoisotopic (exact) mass is 246 g/mol. The first-order valence-electron chi connectivity index (χ1n) is 5.71. The van der Waals surface area contributed by atoms with Crippen molar-refractivity contribution in [1.29, 1.82) is 0 Å². The van der Waals surface area contributed by atoms with E-state index in [2.05, 4.69) is 10.1 Å². The minimum Gasteiger partial charge on any atom is -0.455 e. The third-order valence-corrected chi connectivity index (χ3v) is 2.33. The lowest BCUT2D eigenvalue weighted by atomic mass is 10.2. The van der Waals surface area contributed by atoms with Gasteiger partial charge in [0.15, 0.2) is 0 Å². The largest absolute Gasteiger partial charge is 0.455 e. The van der Waals surface area contributed by atoms with Gasteiger partial charge in [0.1, 0.15) is 6.61 Å². The van der Waals surface area contributed by atoms with Crippen molar-refractivity contribution in [3.63, 3.8) is 0 Å². The second-order valence-electron chi connectivity index (χ2n) is 4.17. The second kappa shape index (κ2) is 5.44. The van der Waals surface area contributed by atoms with Gasteiger partial charge in [0.2, 0.25) is 5.89 Å². The van der Waals surface area contributed by atoms with E-state index in [1.807, 2.05) is 44.2 Å². The molecule has 2 aromatic rings. The lowest BCUT2D eigenvalue weighted by Crippen LogP contribution is -2.07. The first kappa shape index (κ1) is 12.3. The van der Waals surface area contributed by atoms with Crippen molar-refractivity contribution in [3.05, 3.63) is 47.6 Å². The average Bonchev–Trinajstić information content (AvgIpc) is 2.87. The fourth-order valence-corrected chi connectivity index (χ4v) is 1.34. The summed E-state index contributed by atoms with van der Waals surface area (Å²) in [5, 5.41) is 3.59. The van der Waals surface area contributed by atoms with Crippen molar-refractivity contribution in [2.45, 2.75) is 26.4 Å². The predicted molar refractivity (Wildman–Crippen MR) is 63.9 cm³/mol. The number of rotatable bonds is 4. The maximum absolute atomic E-state index is 11.6. The molecule has 0 unspecified atom stereocenters. The molecule has 94 valence electrons. The van der Waals surface area contributed by atoms with Crippen LogP contribution in [0, 0.1) is 0 Å². The van der Waals surface area contributed by atoms with E-state index in [1.54, 1.807) is 0 Å². The van der Waals surface area contributed by atoms with Gasteiger partial charge >= 0.3 is 5.97 Å². The molecule has 0 atom stereocenters. The fourth-order valence-electron chi connectivity index (χ4n) is 1.34. The van der Waals surface area contributed by atoms with Gasteiger partial charge in [-0.25, -0.2) is 4.79 Å². The summed E-state index contributed by atoms with van der Waals surface area (Å²) in [6, 6.07) is 9.42. The van der Waals surface area contributed by atoms with E-state index in [9.17, 15) is 4.79 Å². The maximum Gasteiger partial charge on any atom is 0.380 e. The molecule has 0 saturated carbocycles. The number of hydrogen-bond acceptors (Lipinski definition) is 5. The average molecular weight is 246 g/mol. The van der Waals surface area contributed by atoms with Crippen molar-refractivity contribution >= 4 is 5.97 Å². The Bertz CT molecular complexity index is 520. The molecule has 5 nitrogen and oxygen atoms in total. The molecule has 0 N–H and O–H groups in total. The fraction of sp³-hybridized carbons (Fsp3) is 0.308. The summed E-state index contributed by atoms with van der Waals surface area (Å²) < 4.78 is 10.0. The Morgan fingerprint density at radius 1 is 1.33 bits per heavy atom. The molecule has 1 aromatic carbocycles. The van der Waals surface area contributed by atoms with Gasteiger partial charge in [-0.2, -0.15) is 4.98 Å². The van der Waals surface area contributed by atoms with Crippen LogP contribution in [0.1, 0.15) is 41.8 Å². The van der Waals surface area contributed by atoms with Gasteiger partial charge in [-0.05, 0) is 10.7 Å². The van der Waals surface area contributed by atoms with Crippen LogP contribution in [0.15, 0.2) is 34.9 Å². The molecular formula is C13H14N2O3. The lowest BCUT2D eigenvalue weighted by Gasteiger charge is -2.01. The van der Waals surface area contributed by atoms with Gasteiger partial charge in [0, 0.05) is 5.92 Å². The predicted octanol–water partition coefficient (Wildman–Crippen LogP) is 2.55. The standard InChI is InChI=1S/C13H14N2O3/c1-9(2)12-14-11(15-18-12)13(16)17-8-10-6-4-3-5-7-10/h3-7,9H,8H2,1-2H3. The Morgan fingerprint density at radius 3 is 2.67 bits per heavy atom. The van der Waals surface area contributed by atoms with Gasteiger partial charge in [0.25, 0.3) is 5.82 Å². The second-order valence-corrected chi connectivity index (χ2v) is 4.17. The number of hydrogen-bond donors (Lipinski definition) is 0. The molecule has 0 saturated heterocycles. The quantitative estimate of drug-likeness (QED) is 0.775. The summed E-state index contributed by atoms with van der Waals surface area (Å²) in [6.07, 6.45) is 0. The molecular weight excluding hydrogens is 232 g/mol. The van der Waals surface area contributed by atoms with Gasteiger partial charge in [-0.15, -0.1) is 0 Å². The molecule has 0 radical (unpaired) electrons. The third kappa shape index (κ3) is 2.94. The lowest BCUT2D eigenvalue weighted by molar-refractivity contribution is 0.0454. The number of nitrogens with zero attached hydrogens (tertiary/aromatic N) is 2. The van der Waals surface area contributed by atoms with E-state index in [0.29, 0.717) is 5.89 Å². The van der Waals surface area contributed by atoms with Crippen LogP contribution in [-0.4, -0.2) is 16.1 Å². The normalized spacial score (nSPS) is 10.6. The number of benzene rings is 1. The number of carbonyl (C=O) groups excluding carboxylic acids is 1. The SMILES string of the molecule is CC(C)c1nc(C(=O)OCc2ccccc2)no1. The third-order valence-electron chi connectivity index (χ3n) is 2.33. The van der Waals surface area contributed by atoms with Crippen LogP contribution in [0.2, 0.25) is 0 Å². The Hall–Kier alpha value is -2.17. The summed E-state index contributed by atoms with van der Waals surface area (Å²) in [4.78, 5) is 15.6. The van der Waals surface area contributed by atoms with E-state index in [4.69, 9.17) is 9.26 Å². The minimum absolute atomic E-state index is 0.0327. The van der Waals surface area contributed by atoms with Crippen molar-refractivity contribution < 1.29 is 14.1 Å². The van der Waals surface area contributed by atoms with Gasteiger partial charge in [0.05, 0.1) is 0 Å². The summed E-state index contributed by atoms with van der Waals surface area (Å²) in [6.45, 7) is 4.02. The van der Waals surface area contributed by atoms with E-state index >= 15 is 0 Å². The van der Waals surface area contributed by atoms with E-state index in [0.717, 1.165) is 5.56 Å². The minimum atomic E-state index is -0.575. The Kier molecular flexibility index (Phi) is 3.72. The van der Waals surface area contributed by atoms with Crippen LogP contribution in [0.25, 0.3) is 0 Å². The molecule has 18 heavy (non-hydrogen) atoms. The molecule has 0 aliphatic heterocycles. The maximum atomic E-state index is 11.6. The van der Waals surface area contributed by atoms with Crippen LogP contribution in [-0.2, 0) is 11.3 Å². The number of ether oxygens (including phenoxy) is 1. The highest BCUT2D eigenvalue weighted by atomic mass is 16.5. The van der Waals surface area contributed by atoms with Crippen molar-refractivity contribution in [1.82, 2.24) is 10.1 Å². The Labute approximate surface area is 105 Å². The zero-order valence-corrected chi connectivity index (χ0v) is 10.3. The van der Waals surface area contributed by atoms with Gasteiger partial charge in [-0.3, -0.25) is 0 Å². The first-order chi connectivity index (χ1) is 8.66. The van der Waals surface area contributed by atoms with Crippen LogP contribution in [0.4, 0.5) is 0 Å². The molecule has 1 aromatic heterocycles. The van der Waals surface area contributed by atoms with Gasteiger partial charge < -0.3 is 9.26 Å². The molecule has 0 spiro atoms. The van der Waals surface area contributed by atoms with Crippen molar-refractivity contribution in [2.75, 3.05) is 0 Å². The zero-order chi connectivity index (χ0) is 13.0. The summed E-state index contributed by atoms with van der Waals surface area (Å²) in [5.41, 5.74) is 0.915. The molecule has 2 rings (SSSR count). The molecule has 0 bridgehead atoms. The van der Waals surface area contributed by atoms with Crippen LogP contribution >= 0.6 is 0 Å². The Morgan fingerprint density at radius 2 is 2.06 bits per heavy atom. The summed E-state index contributed by atoms with van der Waals surface area (Å²) in [7, 11) is 0. The number of esters is 1. The van der Waals surface area contributed by atoms with Crippen LogP contribution in [0.3, 0.4) is 0 Å². The molecule has 0 aliphatic rings. The van der Waals surface area contributed by atoms with Crippen molar-refractivity contribution in [3.8, 4) is 0 Å². The summed E-state index contributed by atoms with van der Waals surface area (Å²) in [5.74, 6) is -0.0843. The zero-order valence-electron chi connectivity index (χ0n) is 10.3. The van der Waals surface area contributed by atoms with E-state index in [-0.39, 0.29) is 18.3 Å². The van der Waals surface area contributed by atoms with Crippen LogP contribution in [0.5, 0.6) is 0 Å². The highest BCUT2D eigenvalue weighted by molar-refractivity contribution is 5.84. The van der Waals surface area contributed by atoms with Crippen molar-refractivity contribution in [2.24, 2.45) is 0 Å². The highest BCUT2D eigenvalue weighted by Crippen LogP contribution is 2.11. The first-order valence-corrected chi connectivity index (χ1v) is 5.71. The van der Waals surface area contributed by atoms with Crippen LogP contribution < -0.4 is 0 Å². The molecule has 0 aliphatic carbocycles. The number of carbonyl (C=O) groups is 1. The summed E-state index contributed by atoms with van der Waals surface area (Å²) >= 11 is 0. The highest BCUT2D eigenvalue weighted by Gasteiger charge is 2.17. The molecule has 1 heterocycles. The molecule has 5 heteroatoms. The van der Waals surface area contributed by atoms with E-state index < -0.39 is 5.97 Å². The van der Waals surface area contributed by atoms with Gasteiger partial charge in [-0.1, -0.05) is 44.2 Å². The Balaban J connectivity index is 1.95.